The molecule has 2 aromatic rings. The van der Waals surface area contributed by atoms with E-state index in [1.54, 1.807) is 19.1 Å². The monoisotopic (exact) mass is 358 g/mol. The van der Waals surface area contributed by atoms with Crippen LogP contribution in [0.5, 0.6) is 5.75 Å². The van der Waals surface area contributed by atoms with Gasteiger partial charge in [0.25, 0.3) is 0 Å². The molecular weight excluding hydrogens is 338 g/mol. The Hall–Kier alpha value is -2.73. The molecule has 1 unspecified atom stereocenters. The van der Waals surface area contributed by atoms with Crippen molar-refractivity contribution in [3.8, 4) is 5.75 Å². The maximum Gasteiger partial charge on any atom is 0.241 e. The van der Waals surface area contributed by atoms with Crippen molar-refractivity contribution in [2.24, 2.45) is 0 Å². The number of aromatic hydroxyl groups is 1. The summed E-state index contributed by atoms with van der Waals surface area (Å²) in [4.78, 5) is 14.4. The van der Waals surface area contributed by atoms with E-state index >= 15 is 0 Å². The highest BCUT2D eigenvalue weighted by molar-refractivity contribution is 5.94. The molecule has 0 saturated carbocycles. The van der Waals surface area contributed by atoms with Crippen LogP contribution in [0.3, 0.4) is 0 Å². The second kappa shape index (κ2) is 7.66. The molecule has 0 saturated heterocycles. The molecule has 6 heteroatoms. The largest absolute Gasteiger partial charge is 0.508 e. The van der Waals surface area contributed by atoms with Crippen LogP contribution >= 0.6 is 0 Å². The maximum atomic E-state index is 13.7. The van der Waals surface area contributed by atoms with Crippen LogP contribution in [0.2, 0.25) is 0 Å². The molecule has 2 aromatic carbocycles. The van der Waals surface area contributed by atoms with Gasteiger partial charge >= 0.3 is 0 Å². The zero-order valence-electron chi connectivity index (χ0n) is 14.4. The Balaban J connectivity index is 1.62. The minimum atomic E-state index is -0.793. The Morgan fingerprint density at radius 2 is 1.92 bits per heavy atom. The molecule has 4 nitrogen and oxygen atoms in total. The number of hydrogen-bond acceptors (Lipinski definition) is 3. The number of hydrogen-bond donors (Lipinski definition) is 2. The Kier molecular flexibility index (Phi) is 5.32. The summed E-state index contributed by atoms with van der Waals surface area (Å²) < 4.78 is 26.6. The smallest absolute Gasteiger partial charge is 0.241 e. The van der Waals surface area contributed by atoms with Crippen LogP contribution in [0.4, 0.5) is 14.5 Å². The SMILES string of the molecule is CC(C(=O)Nc1ccc(F)cc1F)N1CC=C(c2ccc(O)cc2)CC1. The predicted octanol–water partition coefficient (Wildman–Crippen LogP) is 3.79. The summed E-state index contributed by atoms with van der Waals surface area (Å²) in [6.07, 6.45) is 2.82. The number of halogens is 2. The van der Waals surface area contributed by atoms with Gasteiger partial charge in [-0.25, -0.2) is 8.78 Å². The van der Waals surface area contributed by atoms with E-state index < -0.39 is 17.7 Å². The van der Waals surface area contributed by atoms with Gasteiger partial charge in [0.1, 0.15) is 17.4 Å². The second-order valence-electron chi connectivity index (χ2n) is 6.31. The number of nitrogens with one attached hydrogen (secondary N) is 1. The van der Waals surface area contributed by atoms with Crippen LogP contribution in [0.15, 0.2) is 48.5 Å². The average molecular weight is 358 g/mol. The molecule has 1 amide bonds. The Morgan fingerprint density at radius 1 is 1.19 bits per heavy atom. The van der Waals surface area contributed by atoms with E-state index in [1.165, 1.54) is 11.6 Å². The third-order valence-corrected chi connectivity index (χ3v) is 4.59. The van der Waals surface area contributed by atoms with Gasteiger partial charge < -0.3 is 10.4 Å². The summed E-state index contributed by atoms with van der Waals surface area (Å²) in [7, 11) is 0. The van der Waals surface area contributed by atoms with Crippen LogP contribution in [0.1, 0.15) is 18.9 Å². The summed E-state index contributed by atoms with van der Waals surface area (Å²) in [5.74, 6) is -1.59. The van der Waals surface area contributed by atoms with Gasteiger partial charge in [-0.05, 0) is 48.7 Å². The average Bonchev–Trinajstić information content (AvgIpc) is 2.64. The van der Waals surface area contributed by atoms with Crippen LogP contribution in [-0.2, 0) is 4.79 Å². The number of amides is 1. The van der Waals surface area contributed by atoms with E-state index in [-0.39, 0.29) is 17.3 Å². The van der Waals surface area contributed by atoms with E-state index in [4.69, 9.17) is 0 Å². The Bertz CT molecular complexity index is 834. The van der Waals surface area contributed by atoms with Crippen LogP contribution < -0.4 is 5.32 Å². The van der Waals surface area contributed by atoms with E-state index in [0.29, 0.717) is 13.1 Å². The third-order valence-electron chi connectivity index (χ3n) is 4.59. The third kappa shape index (κ3) is 4.08. The summed E-state index contributed by atoms with van der Waals surface area (Å²) in [5.41, 5.74) is 2.19. The molecule has 0 radical (unpaired) electrons. The first-order valence-corrected chi connectivity index (χ1v) is 8.42. The number of benzene rings is 2. The predicted molar refractivity (Wildman–Crippen MR) is 96.7 cm³/mol. The molecule has 0 fully saturated rings. The van der Waals surface area contributed by atoms with Crippen LogP contribution in [0.25, 0.3) is 5.57 Å². The summed E-state index contributed by atoms with van der Waals surface area (Å²) in [6.45, 7) is 3.04. The molecule has 1 aliphatic heterocycles. The van der Waals surface area contributed by atoms with Crippen molar-refractivity contribution in [2.75, 3.05) is 18.4 Å². The fraction of sp³-hybridized carbons (Fsp3) is 0.250. The Labute approximate surface area is 150 Å². The standard InChI is InChI=1S/C20H20F2N2O2/c1-13(20(26)23-19-7-4-16(21)12-18(19)22)24-10-8-15(9-11-24)14-2-5-17(25)6-3-14/h2-8,12-13,25H,9-11H2,1H3,(H,23,26). The van der Waals surface area contributed by atoms with E-state index in [9.17, 15) is 18.7 Å². The molecule has 26 heavy (non-hydrogen) atoms. The highest BCUT2D eigenvalue weighted by Crippen LogP contribution is 2.25. The van der Waals surface area contributed by atoms with E-state index in [1.807, 2.05) is 17.0 Å². The topological polar surface area (TPSA) is 52.6 Å². The van der Waals surface area contributed by atoms with Gasteiger partial charge in [0.15, 0.2) is 0 Å². The lowest BCUT2D eigenvalue weighted by Gasteiger charge is -2.31. The van der Waals surface area contributed by atoms with Gasteiger partial charge in [-0.3, -0.25) is 9.69 Å². The van der Waals surface area contributed by atoms with Gasteiger partial charge in [0.2, 0.25) is 5.91 Å². The van der Waals surface area contributed by atoms with Crippen molar-refractivity contribution in [1.82, 2.24) is 4.90 Å². The molecule has 0 aliphatic carbocycles. The lowest BCUT2D eigenvalue weighted by Crippen LogP contribution is -2.44. The Morgan fingerprint density at radius 3 is 2.54 bits per heavy atom. The zero-order valence-corrected chi connectivity index (χ0v) is 14.4. The van der Waals surface area contributed by atoms with Crippen molar-refractivity contribution < 1.29 is 18.7 Å². The highest BCUT2D eigenvalue weighted by Gasteiger charge is 2.24. The van der Waals surface area contributed by atoms with Crippen molar-refractivity contribution in [3.63, 3.8) is 0 Å². The van der Waals surface area contributed by atoms with Gasteiger partial charge in [-0.1, -0.05) is 18.2 Å². The number of rotatable bonds is 4. The first-order valence-electron chi connectivity index (χ1n) is 8.42. The zero-order chi connectivity index (χ0) is 18.7. The maximum absolute atomic E-state index is 13.7. The van der Waals surface area contributed by atoms with Gasteiger partial charge in [-0.15, -0.1) is 0 Å². The quantitative estimate of drug-likeness (QED) is 0.874. The highest BCUT2D eigenvalue weighted by atomic mass is 19.1. The number of carbonyl (C=O) groups is 1. The van der Waals surface area contributed by atoms with Crippen molar-refractivity contribution in [3.05, 3.63) is 65.7 Å². The van der Waals surface area contributed by atoms with Crippen LogP contribution in [-0.4, -0.2) is 35.0 Å². The fourth-order valence-electron chi connectivity index (χ4n) is 2.97. The van der Waals surface area contributed by atoms with Crippen LogP contribution in [0, 0.1) is 11.6 Å². The molecule has 3 rings (SSSR count). The molecule has 1 aliphatic rings. The number of nitrogens with zero attached hydrogens (tertiary/aromatic N) is 1. The normalized spacial score (nSPS) is 16.0. The molecule has 1 atom stereocenters. The van der Waals surface area contributed by atoms with Crippen molar-refractivity contribution >= 4 is 17.2 Å². The minimum absolute atomic E-state index is 0.0272. The molecule has 2 N–H and O–H groups in total. The van der Waals surface area contributed by atoms with E-state index in [0.717, 1.165) is 24.1 Å². The van der Waals surface area contributed by atoms with Gasteiger partial charge in [0, 0.05) is 19.2 Å². The summed E-state index contributed by atoms with van der Waals surface area (Å²) >= 11 is 0. The lowest BCUT2D eigenvalue weighted by atomic mass is 9.98. The van der Waals surface area contributed by atoms with Gasteiger partial charge in [0.05, 0.1) is 11.7 Å². The molecular formula is C20H20F2N2O2. The molecule has 0 bridgehead atoms. The number of anilines is 1. The molecule has 0 aromatic heterocycles. The number of phenols is 1. The first kappa shape index (κ1) is 18.1. The molecule has 136 valence electrons. The second-order valence-corrected chi connectivity index (χ2v) is 6.31. The fourth-order valence-corrected chi connectivity index (χ4v) is 2.97. The molecule has 1 heterocycles. The van der Waals surface area contributed by atoms with Crippen molar-refractivity contribution in [1.29, 1.82) is 0 Å². The van der Waals surface area contributed by atoms with Gasteiger partial charge in [-0.2, -0.15) is 0 Å². The minimum Gasteiger partial charge on any atom is -0.508 e. The lowest BCUT2D eigenvalue weighted by molar-refractivity contribution is -0.120. The van der Waals surface area contributed by atoms with Crippen molar-refractivity contribution in [2.45, 2.75) is 19.4 Å². The number of phenolic OH excluding ortho intramolecular Hbond substituents is 1. The summed E-state index contributed by atoms with van der Waals surface area (Å²) in [5, 5.41) is 11.9. The van der Waals surface area contributed by atoms with E-state index in [2.05, 4.69) is 11.4 Å². The first-order chi connectivity index (χ1) is 12.4. The molecule has 0 spiro atoms. The summed E-state index contributed by atoms with van der Waals surface area (Å²) in [6, 6.07) is 9.65. The number of carbonyl (C=O) groups excluding carboxylic acids is 1.